The first kappa shape index (κ1) is 17.4. The van der Waals surface area contributed by atoms with Crippen molar-refractivity contribution in [3.63, 3.8) is 0 Å². The fraction of sp³-hybridized carbons (Fsp3) is 0.143. The molecule has 1 aliphatic carbocycles. The van der Waals surface area contributed by atoms with E-state index in [0.29, 0.717) is 22.5 Å². The maximum Gasteiger partial charge on any atom is 0.341 e. The molecule has 6 heteroatoms. The van der Waals surface area contributed by atoms with Gasteiger partial charge >= 0.3 is 5.97 Å². The molecule has 1 aliphatic rings. The molecule has 1 aromatic heterocycles. The van der Waals surface area contributed by atoms with Crippen molar-refractivity contribution in [2.75, 3.05) is 11.9 Å². The van der Waals surface area contributed by atoms with E-state index in [2.05, 4.69) is 5.32 Å². The van der Waals surface area contributed by atoms with Gasteiger partial charge in [-0.05, 0) is 47.9 Å². The second-order valence-corrected chi connectivity index (χ2v) is 7.15. The van der Waals surface area contributed by atoms with Crippen LogP contribution in [0.5, 0.6) is 0 Å². The minimum absolute atomic E-state index is 0.252. The zero-order valence-corrected chi connectivity index (χ0v) is 15.4. The van der Waals surface area contributed by atoms with Crippen molar-refractivity contribution in [3.8, 4) is 10.4 Å². The van der Waals surface area contributed by atoms with Gasteiger partial charge in [-0.15, -0.1) is 11.3 Å². The first-order valence-electron chi connectivity index (χ1n) is 8.56. The van der Waals surface area contributed by atoms with Crippen molar-refractivity contribution in [1.29, 1.82) is 0 Å². The highest BCUT2D eigenvalue weighted by Crippen LogP contribution is 2.47. The van der Waals surface area contributed by atoms with Gasteiger partial charge in [0.05, 0.1) is 12.2 Å². The second kappa shape index (κ2) is 6.96. The van der Waals surface area contributed by atoms with Crippen LogP contribution in [0.25, 0.3) is 10.4 Å². The van der Waals surface area contributed by atoms with Gasteiger partial charge in [-0.25, -0.2) is 9.18 Å². The van der Waals surface area contributed by atoms with Crippen LogP contribution in [0.1, 0.15) is 38.8 Å². The molecule has 0 spiro atoms. The number of esters is 1. The van der Waals surface area contributed by atoms with Gasteiger partial charge in [0.2, 0.25) is 0 Å². The third-order valence-electron chi connectivity index (χ3n) is 4.45. The molecular weight excluding hydrogens is 365 g/mol. The number of hydrogen-bond acceptors (Lipinski definition) is 4. The number of amides is 1. The lowest BCUT2D eigenvalue weighted by Crippen LogP contribution is -2.15. The number of nitrogens with one attached hydrogen (secondary N) is 1. The van der Waals surface area contributed by atoms with E-state index in [9.17, 15) is 14.0 Å². The molecule has 0 radical (unpaired) electrons. The van der Waals surface area contributed by atoms with E-state index < -0.39 is 17.7 Å². The molecule has 0 unspecified atom stereocenters. The minimum atomic E-state index is -0.447. The smallest absolute Gasteiger partial charge is 0.341 e. The predicted octanol–water partition coefficient (Wildman–Crippen LogP) is 4.89. The Morgan fingerprint density at radius 1 is 1.15 bits per heavy atom. The fourth-order valence-electron chi connectivity index (χ4n) is 3.22. The molecule has 1 amide bonds. The van der Waals surface area contributed by atoms with E-state index >= 15 is 0 Å². The summed E-state index contributed by atoms with van der Waals surface area (Å²) in [5.41, 5.74) is 3.84. The molecule has 0 fully saturated rings. The number of hydrogen-bond donors (Lipinski definition) is 1. The van der Waals surface area contributed by atoms with E-state index in [1.165, 1.54) is 35.6 Å². The van der Waals surface area contributed by atoms with Gasteiger partial charge in [0, 0.05) is 16.9 Å². The minimum Gasteiger partial charge on any atom is -0.462 e. The Bertz CT molecular complexity index is 1040. The number of anilines is 1. The van der Waals surface area contributed by atoms with Crippen LogP contribution in [0, 0.1) is 5.82 Å². The van der Waals surface area contributed by atoms with Gasteiger partial charge < -0.3 is 10.1 Å². The van der Waals surface area contributed by atoms with E-state index in [4.69, 9.17) is 4.74 Å². The van der Waals surface area contributed by atoms with Crippen LogP contribution in [0.2, 0.25) is 0 Å². The summed E-state index contributed by atoms with van der Waals surface area (Å²) < 4.78 is 18.3. The summed E-state index contributed by atoms with van der Waals surface area (Å²) in [4.78, 5) is 26.1. The Morgan fingerprint density at radius 3 is 2.63 bits per heavy atom. The highest BCUT2D eigenvalue weighted by atomic mass is 32.1. The maximum atomic E-state index is 13.1. The number of ether oxygens (including phenoxy) is 1. The molecule has 0 saturated carbocycles. The molecule has 0 bridgehead atoms. The Hall–Kier alpha value is -2.99. The van der Waals surface area contributed by atoms with E-state index in [1.54, 1.807) is 6.92 Å². The van der Waals surface area contributed by atoms with Crippen molar-refractivity contribution in [1.82, 2.24) is 0 Å². The quantitative estimate of drug-likeness (QED) is 0.512. The molecule has 27 heavy (non-hydrogen) atoms. The molecule has 0 atom stereocenters. The van der Waals surface area contributed by atoms with Crippen molar-refractivity contribution >= 4 is 28.2 Å². The van der Waals surface area contributed by atoms with Crippen LogP contribution >= 0.6 is 11.3 Å². The van der Waals surface area contributed by atoms with E-state index in [0.717, 1.165) is 21.6 Å². The van der Waals surface area contributed by atoms with Crippen LogP contribution in [0.3, 0.4) is 0 Å². The molecule has 0 saturated heterocycles. The van der Waals surface area contributed by atoms with Gasteiger partial charge in [0.25, 0.3) is 5.91 Å². The van der Waals surface area contributed by atoms with E-state index in [1.807, 2.05) is 24.3 Å². The third kappa shape index (κ3) is 3.13. The number of benzene rings is 2. The Balaban J connectivity index is 1.73. The average Bonchev–Trinajstić information content (AvgIpc) is 3.17. The predicted molar refractivity (Wildman–Crippen MR) is 103 cm³/mol. The van der Waals surface area contributed by atoms with Gasteiger partial charge in [-0.1, -0.05) is 24.3 Å². The summed E-state index contributed by atoms with van der Waals surface area (Å²) in [6, 6.07) is 13.2. The molecule has 136 valence electrons. The molecular formula is C21H16FNO3S. The van der Waals surface area contributed by atoms with Gasteiger partial charge in [-0.3, -0.25) is 4.79 Å². The monoisotopic (exact) mass is 381 g/mol. The van der Waals surface area contributed by atoms with Crippen LogP contribution in [0.4, 0.5) is 9.39 Å². The van der Waals surface area contributed by atoms with E-state index in [-0.39, 0.29) is 6.61 Å². The largest absolute Gasteiger partial charge is 0.462 e. The number of carbonyl (C=O) groups excluding carboxylic acids is 2. The Labute approximate surface area is 159 Å². The first-order valence-corrected chi connectivity index (χ1v) is 9.38. The highest BCUT2D eigenvalue weighted by Gasteiger charge is 2.31. The molecule has 0 aliphatic heterocycles. The van der Waals surface area contributed by atoms with Gasteiger partial charge in [0.15, 0.2) is 0 Å². The molecule has 2 aromatic carbocycles. The second-order valence-electron chi connectivity index (χ2n) is 6.13. The number of thiophene rings is 1. The number of halogens is 1. The summed E-state index contributed by atoms with van der Waals surface area (Å²) in [5.74, 6) is -1.25. The topological polar surface area (TPSA) is 55.4 Å². The number of fused-ring (bicyclic) bond motifs is 3. The SMILES string of the molecule is CCOC(=O)c1c(NC(=O)c2ccc(F)cc2)sc2c1Cc1ccccc1-2. The summed E-state index contributed by atoms with van der Waals surface area (Å²) >= 11 is 1.36. The standard InChI is InChI=1S/C21H16FNO3S/c1-2-26-21(25)17-16-11-13-5-3-4-6-15(13)18(16)27-20(17)23-19(24)12-7-9-14(22)10-8-12/h3-10H,2,11H2,1H3,(H,23,24). The molecule has 3 aromatic rings. The highest BCUT2D eigenvalue weighted by molar-refractivity contribution is 7.20. The van der Waals surface area contributed by atoms with Crippen LogP contribution in [0.15, 0.2) is 48.5 Å². The zero-order valence-electron chi connectivity index (χ0n) is 14.5. The fourth-order valence-corrected chi connectivity index (χ4v) is 4.48. The summed E-state index contributed by atoms with van der Waals surface area (Å²) in [6.45, 7) is 2.00. The van der Waals surface area contributed by atoms with Crippen LogP contribution < -0.4 is 5.32 Å². The third-order valence-corrected chi connectivity index (χ3v) is 5.63. The van der Waals surface area contributed by atoms with Crippen molar-refractivity contribution in [2.45, 2.75) is 13.3 Å². The van der Waals surface area contributed by atoms with Crippen LogP contribution in [-0.2, 0) is 11.2 Å². The van der Waals surface area contributed by atoms with Crippen molar-refractivity contribution < 1.29 is 18.7 Å². The lowest BCUT2D eigenvalue weighted by atomic mass is 10.1. The summed E-state index contributed by atoms with van der Waals surface area (Å²) in [6.07, 6.45) is 0.628. The lowest BCUT2D eigenvalue weighted by Gasteiger charge is -2.08. The van der Waals surface area contributed by atoms with Crippen molar-refractivity contribution in [3.05, 3.63) is 76.6 Å². The summed E-state index contributed by atoms with van der Waals surface area (Å²) in [5, 5.41) is 3.26. The zero-order chi connectivity index (χ0) is 19.0. The molecule has 1 heterocycles. The summed E-state index contributed by atoms with van der Waals surface area (Å²) in [7, 11) is 0. The normalized spacial score (nSPS) is 11.6. The van der Waals surface area contributed by atoms with Gasteiger partial charge in [0.1, 0.15) is 10.8 Å². The molecule has 4 nitrogen and oxygen atoms in total. The average molecular weight is 381 g/mol. The lowest BCUT2D eigenvalue weighted by molar-refractivity contribution is 0.0527. The van der Waals surface area contributed by atoms with Crippen LogP contribution in [-0.4, -0.2) is 18.5 Å². The first-order chi connectivity index (χ1) is 13.1. The number of rotatable bonds is 4. The molecule has 4 rings (SSSR count). The molecule has 1 N–H and O–H groups in total. The maximum absolute atomic E-state index is 13.1. The van der Waals surface area contributed by atoms with Gasteiger partial charge in [-0.2, -0.15) is 0 Å². The Morgan fingerprint density at radius 2 is 1.89 bits per heavy atom. The Kier molecular flexibility index (Phi) is 4.49. The van der Waals surface area contributed by atoms with Crippen molar-refractivity contribution in [2.24, 2.45) is 0 Å². The number of carbonyl (C=O) groups is 2.